The Morgan fingerprint density at radius 2 is 1.52 bits per heavy atom. The van der Waals surface area contributed by atoms with Crippen LogP contribution in [0.1, 0.15) is 0 Å². The van der Waals surface area contributed by atoms with Crippen LogP contribution in [-0.4, -0.2) is 33.5 Å². The number of carbonyl (C=O) groups is 1. The van der Waals surface area contributed by atoms with Crippen LogP contribution in [0.15, 0.2) is 78.1 Å². The van der Waals surface area contributed by atoms with Crippen LogP contribution in [0.25, 0.3) is 10.8 Å². The van der Waals surface area contributed by atoms with Gasteiger partial charge in [-0.25, -0.2) is 0 Å². The number of hydrogen-bond acceptors (Lipinski definition) is 5. The van der Waals surface area contributed by atoms with Crippen LogP contribution in [0.4, 0.5) is 17.1 Å². The van der Waals surface area contributed by atoms with Crippen molar-refractivity contribution < 1.29 is 4.79 Å². The third-order valence-corrected chi connectivity index (χ3v) is 5.41. The molecular formula is C24H22N4O. The second kappa shape index (κ2) is 7.33. The topological polar surface area (TPSA) is 50.6 Å². The molecule has 29 heavy (non-hydrogen) atoms. The van der Waals surface area contributed by atoms with Crippen molar-refractivity contribution in [3.63, 3.8) is 0 Å². The standard InChI is InChI=1S/C24H22N4O/c1-26(19-13-12-17-8-4-5-9-18(17)14-19)16-23(29)20(15-25)24-27(2)21-10-6-7-11-22(21)28(24)3/h4-14H,16H2,1-3H3. The molecule has 0 fully saturated rings. The Hall–Kier alpha value is -3.78. The molecule has 0 bridgehead atoms. The van der Waals surface area contributed by atoms with Gasteiger partial charge in [-0.05, 0) is 35.0 Å². The van der Waals surface area contributed by atoms with Crippen LogP contribution in [-0.2, 0) is 4.79 Å². The van der Waals surface area contributed by atoms with Gasteiger partial charge in [0.2, 0.25) is 0 Å². The summed E-state index contributed by atoms with van der Waals surface area (Å²) in [6.45, 7) is 0.128. The van der Waals surface area contributed by atoms with Gasteiger partial charge in [0, 0.05) is 26.8 Å². The number of fused-ring (bicyclic) bond motifs is 2. The average Bonchev–Trinajstić information content (AvgIpc) is 2.99. The average molecular weight is 382 g/mol. The summed E-state index contributed by atoms with van der Waals surface area (Å²) in [4.78, 5) is 18.8. The van der Waals surface area contributed by atoms with Crippen LogP contribution in [0, 0.1) is 11.3 Å². The number of nitriles is 1. The Morgan fingerprint density at radius 3 is 2.14 bits per heavy atom. The molecular weight excluding hydrogens is 360 g/mol. The van der Waals surface area contributed by atoms with E-state index < -0.39 is 0 Å². The first kappa shape index (κ1) is 18.6. The van der Waals surface area contributed by atoms with Crippen molar-refractivity contribution in [3.8, 4) is 6.07 Å². The summed E-state index contributed by atoms with van der Waals surface area (Å²) in [5.41, 5.74) is 3.07. The van der Waals surface area contributed by atoms with Crippen LogP contribution in [0.2, 0.25) is 0 Å². The fourth-order valence-electron chi connectivity index (χ4n) is 3.86. The van der Waals surface area contributed by atoms with Crippen molar-refractivity contribution in [2.24, 2.45) is 0 Å². The van der Waals surface area contributed by atoms with E-state index in [1.54, 1.807) is 0 Å². The van der Waals surface area contributed by atoms with Crippen LogP contribution in [0.5, 0.6) is 0 Å². The summed E-state index contributed by atoms with van der Waals surface area (Å²) >= 11 is 0. The van der Waals surface area contributed by atoms with E-state index in [0.717, 1.165) is 27.8 Å². The van der Waals surface area contributed by atoms with Crippen molar-refractivity contribution in [2.75, 3.05) is 42.4 Å². The Balaban J connectivity index is 1.62. The van der Waals surface area contributed by atoms with Gasteiger partial charge in [-0.15, -0.1) is 0 Å². The molecule has 3 aromatic carbocycles. The highest BCUT2D eigenvalue weighted by atomic mass is 16.1. The number of rotatable bonds is 4. The van der Waals surface area contributed by atoms with Gasteiger partial charge in [-0.3, -0.25) is 4.79 Å². The van der Waals surface area contributed by atoms with Crippen molar-refractivity contribution in [1.29, 1.82) is 5.26 Å². The van der Waals surface area contributed by atoms with Gasteiger partial charge in [0.15, 0.2) is 5.78 Å². The minimum atomic E-state index is -0.204. The van der Waals surface area contributed by atoms with Crippen molar-refractivity contribution >= 4 is 33.6 Å². The van der Waals surface area contributed by atoms with Gasteiger partial charge in [-0.2, -0.15) is 5.26 Å². The van der Waals surface area contributed by atoms with Crippen LogP contribution >= 0.6 is 0 Å². The minimum Gasteiger partial charge on any atom is -0.367 e. The lowest BCUT2D eigenvalue weighted by atomic mass is 10.1. The Labute approximate surface area is 170 Å². The Morgan fingerprint density at radius 1 is 0.931 bits per heavy atom. The van der Waals surface area contributed by atoms with E-state index in [9.17, 15) is 10.1 Å². The molecule has 144 valence electrons. The van der Waals surface area contributed by atoms with E-state index >= 15 is 0 Å². The molecule has 0 atom stereocenters. The van der Waals surface area contributed by atoms with Gasteiger partial charge in [-0.1, -0.05) is 42.5 Å². The predicted octanol–water partition coefficient (Wildman–Crippen LogP) is 4.17. The fraction of sp³-hybridized carbons (Fsp3) is 0.167. The summed E-state index contributed by atoms with van der Waals surface area (Å²) in [5.74, 6) is 0.412. The number of ketones is 1. The van der Waals surface area contributed by atoms with E-state index in [0.29, 0.717) is 5.82 Å². The third kappa shape index (κ3) is 3.19. The molecule has 0 spiro atoms. The number of Topliss-reactive ketones (excluding diaryl/α,β-unsaturated/α-hetero) is 1. The lowest BCUT2D eigenvalue weighted by Crippen LogP contribution is -2.31. The molecule has 5 nitrogen and oxygen atoms in total. The SMILES string of the molecule is CN(CC(=O)C(C#N)=C1N(C)c2ccccc2N1C)c1ccc2ccccc2c1. The molecule has 4 rings (SSSR count). The largest absolute Gasteiger partial charge is 0.367 e. The van der Waals surface area contributed by atoms with Gasteiger partial charge in [0.25, 0.3) is 0 Å². The molecule has 3 aromatic rings. The van der Waals surface area contributed by atoms with Crippen molar-refractivity contribution in [2.45, 2.75) is 0 Å². The number of anilines is 3. The molecule has 0 amide bonds. The molecule has 0 aromatic heterocycles. The number of benzene rings is 3. The molecule has 0 N–H and O–H groups in total. The molecule has 1 aliphatic heterocycles. The predicted molar refractivity (Wildman–Crippen MR) is 118 cm³/mol. The van der Waals surface area contributed by atoms with E-state index in [4.69, 9.17) is 0 Å². The minimum absolute atomic E-state index is 0.128. The maximum Gasteiger partial charge on any atom is 0.196 e. The van der Waals surface area contributed by atoms with E-state index in [-0.39, 0.29) is 17.9 Å². The molecule has 5 heteroatoms. The molecule has 1 aliphatic rings. The number of likely N-dealkylation sites (N-methyl/N-ethyl adjacent to an activating group) is 1. The number of para-hydroxylation sites is 2. The Bertz CT molecular complexity index is 1140. The maximum absolute atomic E-state index is 13.1. The van der Waals surface area contributed by atoms with E-state index in [1.807, 2.05) is 84.4 Å². The fourth-order valence-corrected chi connectivity index (χ4v) is 3.86. The summed E-state index contributed by atoms with van der Waals surface area (Å²) in [7, 11) is 5.64. The zero-order valence-electron chi connectivity index (χ0n) is 16.8. The first-order chi connectivity index (χ1) is 14.0. The first-order valence-electron chi connectivity index (χ1n) is 9.45. The molecule has 0 radical (unpaired) electrons. The smallest absolute Gasteiger partial charge is 0.196 e. The monoisotopic (exact) mass is 382 g/mol. The normalized spacial score (nSPS) is 12.7. The third-order valence-electron chi connectivity index (χ3n) is 5.41. The lowest BCUT2D eigenvalue weighted by molar-refractivity contribution is -0.114. The zero-order valence-corrected chi connectivity index (χ0v) is 16.8. The number of carbonyl (C=O) groups excluding carboxylic acids is 1. The van der Waals surface area contributed by atoms with Gasteiger partial charge < -0.3 is 14.7 Å². The second-order valence-electron chi connectivity index (χ2n) is 7.23. The lowest BCUT2D eigenvalue weighted by Gasteiger charge is -2.22. The molecule has 0 saturated heterocycles. The highest BCUT2D eigenvalue weighted by Crippen LogP contribution is 2.40. The summed E-state index contributed by atoms with van der Waals surface area (Å²) in [6.07, 6.45) is 0. The summed E-state index contributed by atoms with van der Waals surface area (Å²) < 4.78 is 0. The number of nitrogens with zero attached hydrogens (tertiary/aromatic N) is 4. The molecule has 1 heterocycles. The zero-order chi connectivity index (χ0) is 20.5. The van der Waals surface area contributed by atoms with Crippen molar-refractivity contribution in [1.82, 2.24) is 0 Å². The second-order valence-corrected chi connectivity index (χ2v) is 7.23. The van der Waals surface area contributed by atoms with Crippen LogP contribution in [0.3, 0.4) is 0 Å². The quantitative estimate of drug-likeness (QED) is 0.501. The maximum atomic E-state index is 13.1. The van der Waals surface area contributed by atoms with E-state index in [2.05, 4.69) is 24.3 Å². The summed E-state index contributed by atoms with van der Waals surface area (Å²) in [5, 5.41) is 12.1. The van der Waals surface area contributed by atoms with Crippen LogP contribution < -0.4 is 14.7 Å². The first-order valence-corrected chi connectivity index (χ1v) is 9.45. The highest BCUT2D eigenvalue weighted by Gasteiger charge is 2.31. The molecule has 0 saturated carbocycles. The molecule has 0 unspecified atom stereocenters. The number of hydrogen-bond donors (Lipinski definition) is 0. The highest BCUT2D eigenvalue weighted by molar-refractivity contribution is 6.05. The van der Waals surface area contributed by atoms with Gasteiger partial charge >= 0.3 is 0 Å². The van der Waals surface area contributed by atoms with Gasteiger partial charge in [0.05, 0.1) is 17.9 Å². The van der Waals surface area contributed by atoms with E-state index in [1.165, 1.54) is 0 Å². The molecule has 0 aliphatic carbocycles. The Kier molecular flexibility index (Phi) is 4.69. The summed E-state index contributed by atoms with van der Waals surface area (Å²) in [6, 6.07) is 24.2. The van der Waals surface area contributed by atoms with Crippen molar-refractivity contribution in [3.05, 3.63) is 78.1 Å². The van der Waals surface area contributed by atoms with Gasteiger partial charge in [0.1, 0.15) is 17.5 Å².